The Morgan fingerprint density at radius 3 is 2.50 bits per heavy atom. The van der Waals surface area contributed by atoms with Gasteiger partial charge >= 0.3 is 0 Å². The highest BCUT2D eigenvalue weighted by Crippen LogP contribution is 2.29. The fourth-order valence-electron chi connectivity index (χ4n) is 4.56. The maximum absolute atomic E-state index is 13.9. The summed E-state index contributed by atoms with van der Waals surface area (Å²) in [6, 6.07) is 17.2. The number of hydrogen-bond acceptors (Lipinski definition) is 4. The average molecular weight is 510 g/mol. The third-order valence-corrected chi connectivity index (χ3v) is 6.88. The number of halogens is 2. The first-order valence-corrected chi connectivity index (χ1v) is 12.3. The number of carbonyl (C=O) groups excluding carboxylic acids is 2. The molecule has 4 rings (SSSR count). The first-order chi connectivity index (χ1) is 17.4. The molecule has 0 heterocycles. The summed E-state index contributed by atoms with van der Waals surface area (Å²) in [6.07, 6.45) is 3.53. The zero-order chi connectivity index (χ0) is 25.7. The van der Waals surface area contributed by atoms with Crippen LogP contribution in [0.15, 0.2) is 66.7 Å². The molecule has 0 spiro atoms. The van der Waals surface area contributed by atoms with E-state index in [0.29, 0.717) is 27.6 Å². The van der Waals surface area contributed by atoms with Crippen LogP contribution in [-0.2, 0) is 6.54 Å². The monoisotopic (exact) mass is 509 g/mol. The van der Waals surface area contributed by atoms with Crippen LogP contribution in [0.5, 0.6) is 5.75 Å². The number of methoxy groups -OCH3 is 1. The number of nitrogens with two attached hydrogens (primary N) is 1. The van der Waals surface area contributed by atoms with Gasteiger partial charge in [-0.2, -0.15) is 0 Å². The quantitative estimate of drug-likeness (QED) is 0.431. The molecular weight excluding hydrogens is 481 g/mol. The summed E-state index contributed by atoms with van der Waals surface area (Å²) in [5.41, 5.74) is 8.37. The van der Waals surface area contributed by atoms with Gasteiger partial charge in [0.2, 0.25) is 0 Å². The average Bonchev–Trinajstić information content (AvgIpc) is 2.89. The molecule has 1 aliphatic carbocycles. The molecule has 0 radical (unpaired) electrons. The molecule has 0 saturated heterocycles. The van der Waals surface area contributed by atoms with Crippen LogP contribution < -0.4 is 15.8 Å². The largest absolute Gasteiger partial charge is 0.497 e. The van der Waals surface area contributed by atoms with Crippen molar-refractivity contribution in [2.45, 2.75) is 44.3 Å². The Balaban J connectivity index is 1.59. The Kier molecular flexibility index (Phi) is 8.23. The number of amides is 2. The lowest BCUT2D eigenvalue weighted by Gasteiger charge is -2.38. The third kappa shape index (κ3) is 6.04. The van der Waals surface area contributed by atoms with Crippen molar-refractivity contribution in [1.29, 1.82) is 0 Å². The number of rotatable bonds is 7. The Labute approximate surface area is 215 Å². The number of nitrogens with one attached hydrogen (secondary N) is 1. The van der Waals surface area contributed by atoms with Gasteiger partial charge in [0.15, 0.2) is 0 Å². The van der Waals surface area contributed by atoms with Gasteiger partial charge in [-0.15, -0.1) is 0 Å². The van der Waals surface area contributed by atoms with Crippen LogP contribution in [0.1, 0.15) is 52.0 Å². The van der Waals surface area contributed by atoms with Gasteiger partial charge in [0, 0.05) is 40.5 Å². The molecular formula is C28H29ClFN3O3. The molecule has 188 valence electrons. The van der Waals surface area contributed by atoms with Gasteiger partial charge in [0.05, 0.1) is 7.11 Å². The second-order valence-electron chi connectivity index (χ2n) is 8.95. The topological polar surface area (TPSA) is 84.7 Å². The molecule has 36 heavy (non-hydrogen) atoms. The molecule has 0 bridgehead atoms. The lowest BCUT2D eigenvalue weighted by Crippen LogP contribution is -2.51. The van der Waals surface area contributed by atoms with Crippen LogP contribution in [0.25, 0.3) is 0 Å². The smallest absolute Gasteiger partial charge is 0.255 e. The Bertz CT molecular complexity index is 1230. The van der Waals surface area contributed by atoms with E-state index < -0.39 is 5.82 Å². The number of anilines is 1. The standard InChI is InChI=1S/C28H29ClFN3O3/c1-36-23-12-9-18(10-13-23)27(34)32-22-11-14-24(29)20(16-22)17-33(26-8-3-2-7-25(26)31)28(35)19-5-4-6-21(30)15-19/h4-6,9-16,25-26H,2-3,7-8,17,31H2,1H3,(H,32,34). The molecule has 3 N–H and O–H groups in total. The zero-order valence-electron chi connectivity index (χ0n) is 20.0. The van der Waals surface area contributed by atoms with Crippen LogP contribution in [0.3, 0.4) is 0 Å². The minimum Gasteiger partial charge on any atom is -0.497 e. The van der Waals surface area contributed by atoms with Crippen LogP contribution in [0, 0.1) is 5.82 Å². The summed E-state index contributed by atoms with van der Waals surface area (Å²) in [5.74, 6) is -0.409. The van der Waals surface area contributed by atoms with Gasteiger partial charge in [-0.1, -0.05) is 30.5 Å². The predicted molar refractivity (Wildman–Crippen MR) is 139 cm³/mol. The van der Waals surface area contributed by atoms with Crippen LogP contribution in [-0.4, -0.2) is 35.9 Å². The molecule has 1 fully saturated rings. The van der Waals surface area contributed by atoms with Gasteiger partial charge in [-0.3, -0.25) is 9.59 Å². The second-order valence-corrected chi connectivity index (χ2v) is 9.36. The number of benzene rings is 3. The Morgan fingerprint density at radius 2 is 1.81 bits per heavy atom. The molecule has 3 aromatic carbocycles. The van der Waals surface area contributed by atoms with Gasteiger partial charge in [0.1, 0.15) is 11.6 Å². The summed E-state index contributed by atoms with van der Waals surface area (Å²) in [4.78, 5) is 28.0. The van der Waals surface area contributed by atoms with E-state index in [-0.39, 0.29) is 36.0 Å². The van der Waals surface area contributed by atoms with Crippen molar-refractivity contribution < 1.29 is 18.7 Å². The SMILES string of the molecule is COc1ccc(C(=O)Nc2ccc(Cl)c(CN(C(=O)c3cccc(F)c3)C3CCCCC3N)c2)cc1. The molecule has 2 atom stereocenters. The van der Waals surface area contributed by atoms with E-state index in [9.17, 15) is 14.0 Å². The molecule has 8 heteroatoms. The van der Waals surface area contributed by atoms with Crippen LogP contribution in [0.2, 0.25) is 5.02 Å². The lowest BCUT2D eigenvalue weighted by atomic mass is 9.89. The minimum absolute atomic E-state index is 0.179. The molecule has 1 saturated carbocycles. The summed E-state index contributed by atoms with van der Waals surface area (Å²) >= 11 is 6.52. The number of hydrogen-bond donors (Lipinski definition) is 2. The fraction of sp³-hybridized carbons (Fsp3) is 0.286. The van der Waals surface area contributed by atoms with Crippen molar-refractivity contribution in [2.24, 2.45) is 5.73 Å². The van der Waals surface area contributed by atoms with Crippen molar-refractivity contribution in [3.05, 3.63) is 94.3 Å². The second kappa shape index (κ2) is 11.5. The Hall–Kier alpha value is -3.42. The predicted octanol–water partition coefficient (Wildman–Crippen LogP) is 5.65. The van der Waals surface area contributed by atoms with E-state index in [2.05, 4.69) is 5.32 Å². The zero-order valence-corrected chi connectivity index (χ0v) is 20.8. The van der Waals surface area contributed by atoms with E-state index in [4.69, 9.17) is 22.1 Å². The van der Waals surface area contributed by atoms with Crippen molar-refractivity contribution in [3.63, 3.8) is 0 Å². The summed E-state index contributed by atoms with van der Waals surface area (Å²) in [5, 5.41) is 3.33. The molecule has 2 unspecified atom stereocenters. The first kappa shape index (κ1) is 25.7. The number of carbonyl (C=O) groups is 2. The first-order valence-electron chi connectivity index (χ1n) is 11.9. The highest BCUT2D eigenvalue weighted by molar-refractivity contribution is 6.31. The molecule has 3 aromatic rings. The van der Waals surface area contributed by atoms with Crippen LogP contribution >= 0.6 is 11.6 Å². The fourth-order valence-corrected chi connectivity index (χ4v) is 4.73. The lowest BCUT2D eigenvalue weighted by molar-refractivity contribution is 0.0583. The molecule has 2 amide bonds. The molecule has 6 nitrogen and oxygen atoms in total. The number of ether oxygens (including phenoxy) is 1. The third-order valence-electron chi connectivity index (χ3n) is 6.51. The summed E-state index contributed by atoms with van der Waals surface area (Å²) in [7, 11) is 1.56. The molecule has 0 aliphatic heterocycles. The maximum Gasteiger partial charge on any atom is 0.255 e. The van der Waals surface area contributed by atoms with Crippen molar-refractivity contribution in [3.8, 4) is 5.75 Å². The molecule has 1 aliphatic rings. The summed E-state index contributed by atoms with van der Waals surface area (Å²) in [6.45, 7) is 0.179. The van der Waals surface area contributed by atoms with E-state index in [0.717, 1.165) is 25.7 Å². The number of nitrogens with zero attached hydrogens (tertiary/aromatic N) is 1. The van der Waals surface area contributed by atoms with Crippen molar-refractivity contribution in [1.82, 2.24) is 4.90 Å². The van der Waals surface area contributed by atoms with Gasteiger partial charge in [0.25, 0.3) is 11.8 Å². The van der Waals surface area contributed by atoms with Crippen molar-refractivity contribution in [2.75, 3.05) is 12.4 Å². The van der Waals surface area contributed by atoms with E-state index >= 15 is 0 Å². The van der Waals surface area contributed by atoms with Gasteiger partial charge in [-0.05, 0) is 79.1 Å². The van der Waals surface area contributed by atoms with Gasteiger partial charge in [-0.25, -0.2) is 4.39 Å². The van der Waals surface area contributed by atoms with Crippen molar-refractivity contribution >= 4 is 29.1 Å². The van der Waals surface area contributed by atoms with E-state index in [1.54, 1.807) is 60.5 Å². The van der Waals surface area contributed by atoms with E-state index in [1.807, 2.05) is 0 Å². The maximum atomic E-state index is 13.9. The highest BCUT2D eigenvalue weighted by Gasteiger charge is 2.32. The summed E-state index contributed by atoms with van der Waals surface area (Å²) < 4.78 is 19.0. The highest BCUT2D eigenvalue weighted by atomic mass is 35.5. The molecule has 0 aromatic heterocycles. The normalized spacial score (nSPS) is 17.3. The minimum atomic E-state index is -0.477. The Morgan fingerprint density at radius 1 is 1.06 bits per heavy atom. The van der Waals surface area contributed by atoms with Gasteiger partial charge < -0.3 is 20.7 Å². The van der Waals surface area contributed by atoms with E-state index in [1.165, 1.54) is 18.2 Å². The van der Waals surface area contributed by atoms with Crippen LogP contribution in [0.4, 0.5) is 10.1 Å².